The monoisotopic (exact) mass is 500 g/mol. The van der Waals surface area contributed by atoms with E-state index in [-0.39, 0.29) is 5.78 Å². The molecular weight excluding hydrogens is 479 g/mol. The van der Waals surface area contributed by atoms with Crippen molar-refractivity contribution < 1.29 is 4.79 Å². The van der Waals surface area contributed by atoms with Crippen molar-refractivity contribution in [3.8, 4) is 0 Å². The largest absolute Gasteiger partial charge is 0.298 e. The Balaban J connectivity index is 1.75. The fourth-order valence-corrected chi connectivity index (χ4v) is 5.36. The highest BCUT2D eigenvalue weighted by Gasteiger charge is 2.51. The maximum absolute atomic E-state index is 14.5. The minimum atomic E-state index is -0.611. The van der Waals surface area contributed by atoms with Gasteiger partial charge in [0.15, 0.2) is 5.78 Å². The number of carbonyl (C=O) groups is 1. The molecule has 4 aromatic rings. The maximum Gasteiger partial charge on any atom is 0.152 e. The van der Waals surface area contributed by atoms with Crippen LogP contribution in [0.5, 0.6) is 0 Å². The quantitative estimate of drug-likeness (QED) is 0.261. The van der Waals surface area contributed by atoms with Gasteiger partial charge < -0.3 is 0 Å². The number of nitrogens with zero attached hydrogens (tertiary/aromatic N) is 2. The number of piperidine rings is 1. The molecule has 0 spiro atoms. The van der Waals surface area contributed by atoms with Gasteiger partial charge >= 0.3 is 0 Å². The molecule has 0 saturated carbocycles. The fourth-order valence-electron chi connectivity index (χ4n) is 5.11. The second-order valence-corrected chi connectivity index (χ2v) is 9.51. The van der Waals surface area contributed by atoms with Crippen molar-refractivity contribution in [1.82, 2.24) is 5.01 Å². The van der Waals surface area contributed by atoms with Crippen molar-refractivity contribution >= 4 is 29.0 Å². The van der Waals surface area contributed by atoms with Crippen LogP contribution in [-0.4, -0.2) is 10.8 Å². The van der Waals surface area contributed by atoms with Gasteiger partial charge in [0.1, 0.15) is 0 Å². The van der Waals surface area contributed by atoms with Gasteiger partial charge in [0.05, 0.1) is 29.2 Å². The topological polar surface area (TPSA) is 49.7 Å². The Morgan fingerprint density at radius 2 is 0.914 bits per heavy atom. The van der Waals surface area contributed by atoms with E-state index in [9.17, 15) is 9.70 Å². The van der Waals surface area contributed by atoms with Crippen molar-refractivity contribution in [1.29, 1.82) is 0 Å². The van der Waals surface area contributed by atoms with E-state index >= 15 is 0 Å². The van der Waals surface area contributed by atoms with E-state index in [0.717, 1.165) is 22.3 Å². The van der Waals surface area contributed by atoms with Gasteiger partial charge in [-0.2, -0.15) is 0 Å². The average Bonchev–Trinajstić information content (AvgIpc) is 2.90. The number of ketones is 1. The predicted molar refractivity (Wildman–Crippen MR) is 139 cm³/mol. The van der Waals surface area contributed by atoms with E-state index in [4.69, 9.17) is 23.2 Å². The Morgan fingerprint density at radius 1 is 0.543 bits per heavy atom. The SMILES string of the molecule is O=NN1[C@H](c2ccc(Cl)cc2)[C@@H](c2ccccc2)C(=O)[C@@H](c2ccccc2)[C@@H]1c1ccc(Cl)cc1. The summed E-state index contributed by atoms with van der Waals surface area (Å²) in [5.41, 5.74) is 3.26. The van der Waals surface area contributed by atoms with Gasteiger partial charge in [0.25, 0.3) is 0 Å². The first-order valence-corrected chi connectivity index (χ1v) is 12.1. The van der Waals surface area contributed by atoms with Crippen LogP contribution in [0.3, 0.4) is 0 Å². The summed E-state index contributed by atoms with van der Waals surface area (Å²) in [6, 6.07) is 32.5. The molecule has 0 N–H and O–H groups in total. The number of hydrogen-bond donors (Lipinski definition) is 0. The van der Waals surface area contributed by atoms with Crippen LogP contribution >= 0.6 is 23.2 Å². The molecule has 0 amide bonds. The first-order chi connectivity index (χ1) is 17.1. The minimum Gasteiger partial charge on any atom is -0.298 e. The van der Waals surface area contributed by atoms with Crippen molar-refractivity contribution in [3.05, 3.63) is 146 Å². The second-order valence-electron chi connectivity index (χ2n) is 8.63. The molecule has 5 rings (SSSR count). The molecule has 4 nitrogen and oxygen atoms in total. The molecule has 35 heavy (non-hydrogen) atoms. The Labute approximate surface area is 214 Å². The lowest BCUT2D eigenvalue weighted by Gasteiger charge is -2.46. The molecular formula is C29H22Cl2N2O2. The van der Waals surface area contributed by atoms with Crippen LogP contribution in [-0.2, 0) is 4.79 Å². The molecule has 0 radical (unpaired) electrons. The van der Waals surface area contributed by atoms with Gasteiger partial charge in [-0.25, -0.2) is 5.01 Å². The third-order valence-corrected chi connectivity index (χ3v) is 7.15. The van der Waals surface area contributed by atoms with Crippen LogP contribution in [0, 0.1) is 4.91 Å². The zero-order valence-corrected chi connectivity index (χ0v) is 20.2. The van der Waals surface area contributed by atoms with Crippen LogP contribution in [0.1, 0.15) is 46.2 Å². The van der Waals surface area contributed by atoms with Crippen LogP contribution in [0.15, 0.2) is 114 Å². The molecule has 1 fully saturated rings. The lowest BCUT2D eigenvalue weighted by molar-refractivity contribution is -0.131. The predicted octanol–water partition coefficient (Wildman–Crippen LogP) is 7.91. The zero-order valence-electron chi connectivity index (χ0n) is 18.7. The smallest absolute Gasteiger partial charge is 0.152 e. The molecule has 0 aromatic heterocycles. The number of halogens is 2. The lowest BCUT2D eigenvalue weighted by Crippen LogP contribution is -2.46. The standard InChI is InChI=1S/C29H22Cl2N2O2/c30-23-15-11-21(12-16-23)27-25(19-7-3-1-4-8-19)29(34)26(20-9-5-2-6-10-20)28(33(27)32-35)22-13-17-24(31)18-14-22/h1-18,25-28H/t25-,26+,27-,28+. The van der Waals surface area contributed by atoms with E-state index < -0.39 is 23.9 Å². The minimum absolute atomic E-state index is 0.0298. The Bertz CT molecular complexity index is 1210. The normalized spacial score (nSPS) is 22.1. The molecule has 0 aliphatic carbocycles. The van der Waals surface area contributed by atoms with E-state index in [1.54, 1.807) is 29.3 Å². The molecule has 0 bridgehead atoms. The molecule has 1 saturated heterocycles. The molecule has 1 aliphatic heterocycles. The fraction of sp³-hybridized carbons (Fsp3) is 0.138. The summed E-state index contributed by atoms with van der Waals surface area (Å²) >= 11 is 12.3. The van der Waals surface area contributed by atoms with Crippen LogP contribution < -0.4 is 0 Å². The van der Waals surface area contributed by atoms with E-state index in [1.807, 2.05) is 84.9 Å². The van der Waals surface area contributed by atoms with Crippen molar-refractivity contribution in [2.45, 2.75) is 23.9 Å². The number of Topliss-reactive ketones (excluding diaryl/α,β-unsaturated/α-hetero) is 1. The van der Waals surface area contributed by atoms with E-state index in [1.165, 1.54) is 0 Å². The third kappa shape index (κ3) is 4.47. The number of rotatable bonds is 5. The summed E-state index contributed by atoms with van der Waals surface area (Å²) in [5, 5.41) is 6.26. The average molecular weight is 501 g/mol. The molecule has 4 aromatic carbocycles. The molecule has 1 aliphatic rings. The summed E-state index contributed by atoms with van der Waals surface area (Å²) < 4.78 is 0. The Hall–Kier alpha value is -3.47. The number of hydrogen-bond acceptors (Lipinski definition) is 3. The van der Waals surface area contributed by atoms with Gasteiger partial charge in [-0.1, -0.05) is 108 Å². The van der Waals surface area contributed by atoms with Crippen LogP contribution in [0.2, 0.25) is 10.0 Å². The summed E-state index contributed by atoms with van der Waals surface area (Å²) in [7, 11) is 0. The number of nitroso groups, excluding NO2 is 1. The highest BCUT2D eigenvalue weighted by Crippen LogP contribution is 2.53. The maximum atomic E-state index is 14.5. The molecule has 174 valence electrons. The first-order valence-electron chi connectivity index (χ1n) is 11.3. The Kier molecular flexibility index (Phi) is 6.67. The summed E-state index contributed by atoms with van der Waals surface area (Å²) in [5.74, 6) is -1.19. The molecule has 6 heteroatoms. The van der Waals surface area contributed by atoms with Gasteiger partial charge in [0, 0.05) is 10.0 Å². The van der Waals surface area contributed by atoms with Crippen molar-refractivity contribution in [3.63, 3.8) is 0 Å². The summed E-state index contributed by atoms with van der Waals surface area (Å²) in [6.07, 6.45) is 0. The van der Waals surface area contributed by atoms with Gasteiger partial charge in [0.2, 0.25) is 0 Å². The molecule has 1 heterocycles. The van der Waals surface area contributed by atoms with Gasteiger partial charge in [-0.05, 0) is 46.5 Å². The van der Waals surface area contributed by atoms with Crippen molar-refractivity contribution in [2.24, 2.45) is 5.29 Å². The number of carbonyl (C=O) groups excluding carboxylic acids is 1. The lowest BCUT2D eigenvalue weighted by atomic mass is 9.69. The zero-order chi connectivity index (χ0) is 24.4. The Morgan fingerprint density at radius 3 is 1.26 bits per heavy atom. The van der Waals surface area contributed by atoms with Crippen molar-refractivity contribution in [2.75, 3.05) is 0 Å². The summed E-state index contributed by atoms with van der Waals surface area (Å²) in [6.45, 7) is 0. The van der Waals surface area contributed by atoms with E-state index in [2.05, 4.69) is 5.29 Å². The summed E-state index contributed by atoms with van der Waals surface area (Å²) in [4.78, 5) is 27.1. The second kappa shape index (κ2) is 10.0. The van der Waals surface area contributed by atoms with Crippen LogP contribution in [0.25, 0.3) is 0 Å². The number of benzene rings is 4. The molecule has 4 atom stereocenters. The molecule has 0 unspecified atom stereocenters. The van der Waals surface area contributed by atoms with Gasteiger partial charge in [-0.15, -0.1) is 4.91 Å². The first kappa shape index (κ1) is 23.3. The van der Waals surface area contributed by atoms with Gasteiger partial charge in [-0.3, -0.25) is 4.79 Å². The van der Waals surface area contributed by atoms with E-state index in [0.29, 0.717) is 10.0 Å². The van der Waals surface area contributed by atoms with Crippen LogP contribution in [0.4, 0.5) is 0 Å². The highest BCUT2D eigenvalue weighted by atomic mass is 35.5. The highest BCUT2D eigenvalue weighted by molar-refractivity contribution is 6.30. The third-order valence-electron chi connectivity index (χ3n) is 6.65.